The third-order valence-electron chi connectivity index (χ3n) is 2.18. The Morgan fingerprint density at radius 2 is 1.63 bits per heavy atom. The summed E-state index contributed by atoms with van der Waals surface area (Å²) in [4.78, 5) is 10.4. The average molecular weight is 289 g/mol. The molecule has 0 radical (unpaired) electrons. The largest absolute Gasteiger partial charge is 0.340 e. The molecule has 0 atom stereocenters. The summed E-state index contributed by atoms with van der Waals surface area (Å²) in [5.74, 6) is 0. The van der Waals surface area contributed by atoms with Crippen molar-refractivity contribution in [2.75, 3.05) is 0 Å². The van der Waals surface area contributed by atoms with E-state index < -0.39 is 10.2 Å². The molecular formula is C10H9ClN2O6. The van der Waals surface area contributed by atoms with Gasteiger partial charge < -0.3 is 0 Å². The van der Waals surface area contributed by atoms with Crippen molar-refractivity contribution in [2.24, 2.45) is 7.05 Å². The van der Waals surface area contributed by atoms with Gasteiger partial charge in [-0.05, 0) is 12.1 Å². The second-order valence-corrected chi connectivity index (χ2v) is 4.23. The highest BCUT2D eigenvalue weighted by Crippen LogP contribution is 2.20. The number of nitro benzene ring substituents is 1. The molecule has 19 heavy (non-hydrogen) atoms. The van der Waals surface area contributed by atoms with Crippen LogP contribution in [0.5, 0.6) is 0 Å². The van der Waals surface area contributed by atoms with Gasteiger partial charge >= 0.3 is 5.69 Å². The molecule has 0 bridgehead atoms. The molecule has 102 valence electrons. The van der Waals surface area contributed by atoms with Crippen molar-refractivity contribution in [2.45, 2.75) is 0 Å². The zero-order valence-electron chi connectivity index (χ0n) is 9.69. The second kappa shape index (κ2) is 5.87. The maximum Gasteiger partial charge on any atom is 0.340 e. The van der Waals surface area contributed by atoms with E-state index >= 15 is 0 Å². The lowest BCUT2D eigenvalue weighted by molar-refractivity contribution is -2.00. The number of halogens is 1. The first-order valence-corrected chi connectivity index (χ1v) is 6.07. The molecule has 0 aliphatic rings. The van der Waals surface area contributed by atoms with Gasteiger partial charge in [0.25, 0.3) is 5.52 Å². The molecule has 0 unspecified atom stereocenters. The summed E-state index contributed by atoms with van der Waals surface area (Å²) in [6, 6.07) is 8.81. The highest BCUT2D eigenvalue weighted by atomic mass is 35.7. The van der Waals surface area contributed by atoms with Gasteiger partial charge in [-0.1, -0.05) is 6.07 Å². The molecule has 2 rings (SSSR count). The molecule has 0 N–H and O–H groups in total. The molecule has 0 saturated carbocycles. The van der Waals surface area contributed by atoms with Crippen molar-refractivity contribution in [1.29, 1.82) is 0 Å². The van der Waals surface area contributed by atoms with E-state index in [2.05, 4.69) is 0 Å². The molecule has 0 spiro atoms. The fourth-order valence-electron chi connectivity index (χ4n) is 1.57. The van der Waals surface area contributed by atoms with Gasteiger partial charge in [0.1, 0.15) is 7.05 Å². The van der Waals surface area contributed by atoms with Gasteiger partial charge in [0.05, 0.1) is 10.3 Å². The normalized spacial score (nSPS) is 10.8. The molecule has 0 aliphatic heterocycles. The lowest BCUT2D eigenvalue weighted by Crippen LogP contribution is -2.68. The number of para-hydroxylation sites is 1. The number of non-ortho nitro benzene ring substituents is 1. The van der Waals surface area contributed by atoms with Crippen LogP contribution in [-0.2, 0) is 7.05 Å². The quantitative estimate of drug-likeness (QED) is 0.308. The molecule has 9 heteroatoms. The minimum atomic E-state index is -4.94. The molecule has 0 aliphatic carbocycles. The van der Waals surface area contributed by atoms with E-state index in [1.54, 1.807) is 23.9 Å². The molecular weight excluding hydrogens is 280 g/mol. The monoisotopic (exact) mass is 288 g/mol. The van der Waals surface area contributed by atoms with E-state index in [9.17, 15) is 10.1 Å². The van der Waals surface area contributed by atoms with Crippen LogP contribution in [0.25, 0.3) is 10.9 Å². The van der Waals surface area contributed by atoms with Crippen molar-refractivity contribution in [3.63, 3.8) is 0 Å². The highest BCUT2D eigenvalue weighted by molar-refractivity contribution is 5.83. The summed E-state index contributed by atoms with van der Waals surface area (Å²) in [5.41, 5.74) is 0.797. The number of nitro groups is 1. The highest BCUT2D eigenvalue weighted by Gasteiger charge is 2.18. The number of aryl methyl sites for hydroxylation is 1. The number of hydrogen-bond donors (Lipinski definition) is 0. The summed E-state index contributed by atoms with van der Waals surface area (Å²) in [7, 11) is -3.14. The van der Waals surface area contributed by atoms with Crippen LogP contribution in [0.15, 0.2) is 36.5 Å². The zero-order chi connectivity index (χ0) is 14.6. The Labute approximate surface area is 109 Å². The third-order valence-corrected chi connectivity index (χ3v) is 2.18. The van der Waals surface area contributed by atoms with Gasteiger partial charge in [0.2, 0.25) is 0 Å². The molecule has 8 nitrogen and oxygen atoms in total. The summed E-state index contributed by atoms with van der Waals surface area (Å²) < 4.78 is 35.7. The number of nitrogens with zero attached hydrogens (tertiary/aromatic N) is 2. The Morgan fingerprint density at radius 3 is 2.16 bits per heavy atom. The van der Waals surface area contributed by atoms with E-state index in [4.69, 9.17) is 18.6 Å². The topological polar surface area (TPSA) is 139 Å². The number of benzene rings is 1. The van der Waals surface area contributed by atoms with Gasteiger partial charge in [-0.25, -0.2) is 18.6 Å². The zero-order valence-corrected chi connectivity index (χ0v) is 10.4. The minimum absolute atomic E-state index is 0.144. The van der Waals surface area contributed by atoms with Crippen molar-refractivity contribution >= 4 is 16.6 Å². The maximum absolute atomic E-state index is 10.8. The Bertz CT molecular complexity index is 587. The van der Waals surface area contributed by atoms with E-state index in [0.717, 1.165) is 5.39 Å². The minimum Gasteiger partial charge on any atom is -0.258 e. The van der Waals surface area contributed by atoms with E-state index in [1.807, 2.05) is 18.2 Å². The Morgan fingerprint density at radius 1 is 1.11 bits per heavy atom. The fourth-order valence-corrected chi connectivity index (χ4v) is 1.57. The van der Waals surface area contributed by atoms with Gasteiger partial charge in [-0.15, -0.1) is 10.2 Å². The van der Waals surface area contributed by atoms with Gasteiger partial charge in [-0.2, -0.15) is 4.57 Å². The molecule has 1 aromatic carbocycles. The number of aromatic nitrogens is 1. The van der Waals surface area contributed by atoms with Crippen LogP contribution in [0, 0.1) is 20.4 Å². The van der Waals surface area contributed by atoms with E-state index in [0.29, 0.717) is 5.52 Å². The van der Waals surface area contributed by atoms with Crippen LogP contribution in [0.4, 0.5) is 5.69 Å². The molecule has 0 amide bonds. The molecule has 0 fully saturated rings. The van der Waals surface area contributed by atoms with Crippen LogP contribution < -0.4 is 23.2 Å². The van der Waals surface area contributed by atoms with Crippen molar-refractivity contribution in [3.8, 4) is 0 Å². The maximum atomic E-state index is 10.8. The second-order valence-electron chi connectivity index (χ2n) is 3.47. The van der Waals surface area contributed by atoms with Crippen molar-refractivity contribution in [3.05, 3.63) is 46.6 Å². The first kappa shape index (κ1) is 15.2. The molecule has 2 aromatic rings. The number of rotatable bonds is 1. The smallest absolute Gasteiger partial charge is 0.258 e. The lowest BCUT2D eigenvalue weighted by atomic mass is 10.2. The SMILES string of the molecule is C[n+]1cccc2cccc([N+](=O)[O-])c21.[O-][Cl+3]([O-])([O-])[O-]. The lowest BCUT2D eigenvalue weighted by Gasteiger charge is -2.17. The standard InChI is InChI=1S/C10H9N2O2.ClHO4/c1-11-7-3-5-8-4-2-6-9(10(8)11)12(13)14;2-1(3,4)5/h2-7H,1H3;(H,2,3,4,5)/q+1;/p-1. The Balaban J connectivity index is 0.000000312. The van der Waals surface area contributed by atoms with Gasteiger partial charge in [0, 0.05) is 12.1 Å². The summed E-state index contributed by atoms with van der Waals surface area (Å²) in [5, 5.41) is 11.6. The summed E-state index contributed by atoms with van der Waals surface area (Å²) in [6.07, 6.45) is 1.80. The summed E-state index contributed by atoms with van der Waals surface area (Å²) in [6.45, 7) is 0. The molecule has 0 saturated heterocycles. The van der Waals surface area contributed by atoms with Crippen LogP contribution >= 0.6 is 0 Å². The van der Waals surface area contributed by atoms with Crippen LogP contribution in [-0.4, -0.2) is 4.92 Å². The van der Waals surface area contributed by atoms with Crippen LogP contribution in [0.2, 0.25) is 0 Å². The Hall–Kier alpha value is -1.84. The van der Waals surface area contributed by atoms with Crippen molar-refractivity contribution in [1.82, 2.24) is 0 Å². The van der Waals surface area contributed by atoms with E-state index in [1.165, 1.54) is 6.07 Å². The van der Waals surface area contributed by atoms with Gasteiger partial charge in [0.15, 0.2) is 6.20 Å². The number of fused-ring (bicyclic) bond motifs is 1. The number of pyridine rings is 1. The van der Waals surface area contributed by atoms with Crippen LogP contribution in [0.1, 0.15) is 0 Å². The van der Waals surface area contributed by atoms with Crippen LogP contribution in [0.3, 0.4) is 0 Å². The molecule has 1 aromatic heterocycles. The number of hydrogen-bond acceptors (Lipinski definition) is 6. The average Bonchev–Trinajstić information content (AvgIpc) is 2.26. The summed E-state index contributed by atoms with van der Waals surface area (Å²) >= 11 is 0. The first-order chi connectivity index (χ1) is 8.70. The predicted octanol–water partition coefficient (Wildman–Crippen LogP) is -3.18. The van der Waals surface area contributed by atoms with Crippen molar-refractivity contribution < 1.29 is 38.4 Å². The predicted molar refractivity (Wildman–Crippen MR) is 51.8 cm³/mol. The third kappa shape index (κ3) is 4.73. The van der Waals surface area contributed by atoms with E-state index in [-0.39, 0.29) is 10.6 Å². The Kier molecular flexibility index (Phi) is 4.70. The fraction of sp³-hybridized carbons (Fsp3) is 0.100. The van der Waals surface area contributed by atoms with Gasteiger partial charge in [-0.3, -0.25) is 10.1 Å². The first-order valence-electron chi connectivity index (χ1n) is 4.83. The molecule has 1 heterocycles.